The van der Waals surface area contributed by atoms with Crippen molar-refractivity contribution in [1.82, 2.24) is 5.32 Å². The Morgan fingerprint density at radius 1 is 1.30 bits per heavy atom. The van der Waals surface area contributed by atoms with Crippen LogP contribution in [-0.2, 0) is 9.53 Å². The topological polar surface area (TPSA) is 50.7 Å². The maximum Gasteiger partial charge on any atom is 0.239 e. The molecule has 1 aromatic carbocycles. The maximum atomic E-state index is 12.1. The van der Waals surface area contributed by atoms with Gasteiger partial charge < -0.3 is 10.1 Å². The molecule has 0 spiro atoms. The fraction of sp³-hybridized carbons (Fsp3) is 0.429. The first-order valence-corrected chi connectivity index (χ1v) is 7.88. The van der Waals surface area contributed by atoms with Gasteiger partial charge in [-0.15, -0.1) is 0 Å². The zero-order chi connectivity index (χ0) is 13.9. The highest BCUT2D eigenvalue weighted by Gasteiger charge is 2.37. The molecule has 1 atom stereocenters. The van der Waals surface area contributed by atoms with Crippen LogP contribution in [0.1, 0.15) is 12.8 Å². The van der Waals surface area contributed by atoms with Gasteiger partial charge in [0.1, 0.15) is 0 Å². The van der Waals surface area contributed by atoms with Gasteiger partial charge in [-0.1, -0.05) is 35.5 Å². The highest BCUT2D eigenvalue weighted by molar-refractivity contribution is 8.15. The Morgan fingerprint density at radius 2 is 2.05 bits per heavy atom. The van der Waals surface area contributed by atoms with Crippen molar-refractivity contribution >= 4 is 40.1 Å². The Balaban J connectivity index is 1.74. The molecule has 1 unspecified atom stereocenters. The number of aliphatic imine (C=N–C) groups is 1. The van der Waals surface area contributed by atoms with E-state index in [4.69, 9.17) is 16.3 Å². The van der Waals surface area contributed by atoms with Crippen LogP contribution >= 0.6 is 23.4 Å². The summed E-state index contributed by atoms with van der Waals surface area (Å²) in [7, 11) is 0. The monoisotopic (exact) mass is 310 g/mol. The molecule has 0 radical (unpaired) electrons. The normalized spacial score (nSPS) is 25.9. The Morgan fingerprint density at radius 3 is 2.80 bits per heavy atom. The van der Waals surface area contributed by atoms with Crippen molar-refractivity contribution in [2.75, 3.05) is 13.2 Å². The van der Waals surface area contributed by atoms with E-state index in [1.54, 1.807) is 6.07 Å². The predicted octanol–water partition coefficient (Wildman–Crippen LogP) is 2.99. The molecule has 2 aliphatic rings. The molecule has 1 N–H and O–H groups in total. The van der Waals surface area contributed by atoms with E-state index in [9.17, 15) is 4.79 Å². The molecule has 0 saturated carbocycles. The highest BCUT2D eigenvalue weighted by Crippen LogP contribution is 2.34. The zero-order valence-electron chi connectivity index (χ0n) is 10.8. The van der Waals surface area contributed by atoms with E-state index in [1.807, 2.05) is 18.2 Å². The summed E-state index contributed by atoms with van der Waals surface area (Å²) in [5, 5.41) is 4.02. The van der Waals surface area contributed by atoms with Gasteiger partial charge in [-0.3, -0.25) is 4.79 Å². The first-order chi connectivity index (χ1) is 9.74. The lowest BCUT2D eigenvalue weighted by molar-refractivity contribution is -0.120. The second-order valence-corrected chi connectivity index (χ2v) is 6.38. The van der Waals surface area contributed by atoms with E-state index in [1.165, 1.54) is 11.8 Å². The minimum Gasteiger partial charge on any atom is -0.381 e. The number of rotatable bonds is 2. The van der Waals surface area contributed by atoms with Crippen LogP contribution in [-0.4, -0.2) is 29.5 Å². The molecule has 20 heavy (non-hydrogen) atoms. The van der Waals surface area contributed by atoms with Crippen molar-refractivity contribution in [2.24, 2.45) is 10.9 Å². The molecule has 1 amide bonds. The number of benzene rings is 1. The molecular weight excluding hydrogens is 296 g/mol. The highest BCUT2D eigenvalue weighted by atomic mass is 35.5. The molecule has 0 aromatic heterocycles. The average Bonchev–Trinajstić information content (AvgIpc) is 2.83. The molecule has 6 heteroatoms. The number of hydrogen-bond acceptors (Lipinski definition) is 4. The fourth-order valence-corrected chi connectivity index (χ4v) is 3.77. The summed E-state index contributed by atoms with van der Waals surface area (Å²) < 4.78 is 5.34. The van der Waals surface area contributed by atoms with Crippen LogP contribution in [0.5, 0.6) is 0 Å². The van der Waals surface area contributed by atoms with E-state index in [-0.39, 0.29) is 11.2 Å². The minimum absolute atomic E-state index is 0.0488. The summed E-state index contributed by atoms with van der Waals surface area (Å²) in [6.45, 7) is 1.48. The number of amidine groups is 1. The van der Waals surface area contributed by atoms with E-state index in [0.717, 1.165) is 26.1 Å². The lowest BCUT2D eigenvalue weighted by Crippen LogP contribution is -2.33. The Hall–Kier alpha value is -1.04. The van der Waals surface area contributed by atoms with Crippen LogP contribution < -0.4 is 5.32 Å². The van der Waals surface area contributed by atoms with Crippen LogP contribution in [0.15, 0.2) is 29.3 Å². The number of halogens is 1. The number of thioether (sulfide) groups is 1. The van der Waals surface area contributed by atoms with Crippen molar-refractivity contribution in [3.05, 3.63) is 29.3 Å². The summed E-state index contributed by atoms with van der Waals surface area (Å²) in [4.78, 5) is 16.5. The lowest BCUT2D eigenvalue weighted by Gasteiger charge is -2.24. The fourth-order valence-electron chi connectivity index (χ4n) is 2.41. The molecule has 1 aromatic rings. The van der Waals surface area contributed by atoms with E-state index < -0.39 is 0 Å². The second-order valence-electron chi connectivity index (χ2n) is 4.85. The molecule has 106 valence electrons. The molecule has 2 saturated heterocycles. The standard InChI is InChI=1S/C14H15ClN2O2S/c15-10-3-1-2-4-11(10)16-14-17-13(18)12(20-14)9-5-7-19-8-6-9/h1-4,9,12H,5-8H2,(H,16,17,18). The number of nitrogens with one attached hydrogen (secondary N) is 1. The van der Waals surface area contributed by atoms with Crippen LogP contribution in [0.2, 0.25) is 5.02 Å². The van der Waals surface area contributed by atoms with Crippen molar-refractivity contribution < 1.29 is 9.53 Å². The quantitative estimate of drug-likeness (QED) is 0.913. The molecular formula is C14H15ClN2O2S. The predicted molar refractivity (Wildman–Crippen MR) is 81.6 cm³/mol. The van der Waals surface area contributed by atoms with Gasteiger partial charge in [-0.2, -0.15) is 0 Å². The first-order valence-electron chi connectivity index (χ1n) is 6.62. The third-order valence-electron chi connectivity index (χ3n) is 3.50. The van der Waals surface area contributed by atoms with Gasteiger partial charge in [-0.25, -0.2) is 4.99 Å². The molecule has 4 nitrogen and oxygen atoms in total. The third-order valence-corrected chi connectivity index (χ3v) is 5.08. The first kappa shape index (κ1) is 13.9. The van der Waals surface area contributed by atoms with Crippen molar-refractivity contribution in [3.8, 4) is 0 Å². The van der Waals surface area contributed by atoms with Gasteiger partial charge >= 0.3 is 0 Å². The van der Waals surface area contributed by atoms with Gasteiger partial charge in [0, 0.05) is 13.2 Å². The lowest BCUT2D eigenvalue weighted by atomic mass is 9.96. The summed E-state index contributed by atoms with van der Waals surface area (Å²) in [6.07, 6.45) is 1.87. The molecule has 2 heterocycles. The van der Waals surface area contributed by atoms with Crippen molar-refractivity contribution in [1.29, 1.82) is 0 Å². The van der Waals surface area contributed by atoms with Gasteiger partial charge in [-0.05, 0) is 30.9 Å². The van der Waals surface area contributed by atoms with Crippen LogP contribution in [0.4, 0.5) is 5.69 Å². The number of amides is 1. The maximum absolute atomic E-state index is 12.1. The number of para-hydroxylation sites is 1. The van der Waals surface area contributed by atoms with Crippen LogP contribution in [0.25, 0.3) is 0 Å². The summed E-state index contributed by atoms with van der Waals surface area (Å²) in [6, 6.07) is 7.36. The Labute approximate surface area is 126 Å². The summed E-state index contributed by atoms with van der Waals surface area (Å²) >= 11 is 7.58. The van der Waals surface area contributed by atoms with Crippen LogP contribution in [0.3, 0.4) is 0 Å². The van der Waals surface area contributed by atoms with E-state index >= 15 is 0 Å². The largest absolute Gasteiger partial charge is 0.381 e. The number of carbonyl (C=O) groups is 1. The Bertz CT molecular complexity index is 544. The van der Waals surface area contributed by atoms with E-state index in [0.29, 0.717) is 21.8 Å². The van der Waals surface area contributed by atoms with Gasteiger partial charge in [0.2, 0.25) is 5.91 Å². The minimum atomic E-state index is -0.0554. The third kappa shape index (κ3) is 3.00. The number of ether oxygens (including phenoxy) is 1. The summed E-state index contributed by atoms with van der Waals surface area (Å²) in [5.41, 5.74) is 0.685. The van der Waals surface area contributed by atoms with Gasteiger partial charge in [0.15, 0.2) is 5.17 Å². The smallest absolute Gasteiger partial charge is 0.239 e. The molecule has 0 bridgehead atoms. The van der Waals surface area contributed by atoms with Crippen molar-refractivity contribution in [3.63, 3.8) is 0 Å². The number of carbonyl (C=O) groups excluding carboxylic acids is 1. The molecule has 3 rings (SSSR count). The van der Waals surface area contributed by atoms with E-state index in [2.05, 4.69) is 10.3 Å². The second kappa shape index (κ2) is 6.16. The molecule has 0 aliphatic carbocycles. The van der Waals surface area contributed by atoms with Gasteiger partial charge in [0.05, 0.1) is 16.0 Å². The number of nitrogens with zero attached hydrogens (tertiary/aromatic N) is 1. The van der Waals surface area contributed by atoms with Gasteiger partial charge in [0.25, 0.3) is 0 Å². The summed E-state index contributed by atoms with van der Waals surface area (Å²) in [5.74, 6) is 0.417. The Kier molecular flexibility index (Phi) is 4.29. The molecule has 2 aliphatic heterocycles. The van der Waals surface area contributed by atoms with Crippen molar-refractivity contribution in [2.45, 2.75) is 18.1 Å². The number of hydrogen-bond donors (Lipinski definition) is 1. The molecule has 2 fully saturated rings. The van der Waals surface area contributed by atoms with Crippen LogP contribution in [0, 0.1) is 5.92 Å². The zero-order valence-corrected chi connectivity index (χ0v) is 12.4. The average molecular weight is 311 g/mol. The SMILES string of the molecule is O=C1NC(=Nc2ccccc2Cl)SC1C1CCOCC1.